The number of halogens is 1. The molecule has 1 aliphatic heterocycles. The largest absolute Gasteiger partial charge is 0.469 e. The normalized spacial score (nSPS) is 22.5. The maximum Gasteiger partial charge on any atom is 0.305 e. The zero-order valence-corrected chi connectivity index (χ0v) is 16.3. The van der Waals surface area contributed by atoms with E-state index >= 15 is 0 Å². The van der Waals surface area contributed by atoms with E-state index in [1.807, 2.05) is 29.0 Å². The molecule has 1 unspecified atom stereocenters. The highest BCUT2D eigenvalue weighted by atomic mass is 79.9. The second-order valence-electron chi connectivity index (χ2n) is 6.69. The summed E-state index contributed by atoms with van der Waals surface area (Å²) in [5.41, 5.74) is 3.23. The highest BCUT2D eigenvalue weighted by Gasteiger charge is 2.40. The van der Waals surface area contributed by atoms with Gasteiger partial charge in [-0.3, -0.25) is 4.79 Å². The molecule has 0 fully saturated rings. The van der Waals surface area contributed by atoms with Crippen molar-refractivity contribution in [1.29, 1.82) is 0 Å². The van der Waals surface area contributed by atoms with Gasteiger partial charge in [-0.05, 0) is 43.4 Å². The van der Waals surface area contributed by atoms with Gasteiger partial charge in [-0.2, -0.15) is 0 Å². The predicted molar refractivity (Wildman–Crippen MR) is 101 cm³/mol. The number of carbonyl (C=O) groups is 1. The van der Waals surface area contributed by atoms with Crippen LogP contribution in [0.25, 0.3) is 11.1 Å². The second kappa shape index (κ2) is 7.34. The van der Waals surface area contributed by atoms with Crippen molar-refractivity contribution in [2.24, 2.45) is 0 Å². The van der Waals surface area contributed by atoms with E-state index < -0.39 is 6.23 Å². The maximum absolute atomic E-state index is 11.8. The van der Waals surface area contributed by atoms with Crippen LogP contribution in [0.5, 0.6) is 0 Å². The molecule has 1 aliphatic rings. The van der Waals surface area contributed by atoms with Gasteiger partial charge >= 0.3 is 5.97 Å². The third-order valence-corrected chi connectivity index (χ3v) is 6.19. The molecule has 1 aromatic heterocycles. The third-order valence-electron chi connectivity index (χ3n) is 5.50. The topological polar surface area (TPSA) is 51.5 Å². The Kier molecular flexibility index (Phi) is 5.35. The number of hydrogen-bond acceptors (Lipinski definition) is 3. The van der Waals surface area contributed by atoms with Crippen LogP contribution >= 0.6 is 15.9 Å². The van der Waals surface area contributed by atoms with Gasteiger partial charge in [0, 0.05) is 33.8 Å². The number of fused-ring (bicyclic) bond motifs is 1. The molecule has 2 atom stereocenters. The van der Waals surface area contributed by atoms with Crippen LogP contribution < -0.4 is 0 Å². The van der Waals surface area contributed by atoms with Crippen LogP contribution in [0.1, 0.15) is 50.9 Å². The molecule has 2 aromatic rings. The van der Waals surface area contributed by atoms with Crippen molar-refractivity contribution in [3.05, 3.63) is 46.7 Å². The standard InChI is InChI=1S/C20H24BrNO3/c1-3-20(12-9-18(24)25-2)11-8-17(23)22-13-10-15(19(20)22)14-6-4-5-7-16(14)21/h4-7,10,13,17,23H,3,8-9,11-12H2,1-2H3/t17?,20-/m1/s1. The van der Waals surface area contributed by atoms with E-state index in [0.717, 1.165) is 40.6 Å². The molecular weight excluding hydrogens is 382 g/mol. The average Bonchev–Trinajstić information content (AvgIpc) is 3.08. The van der Waals surface area contributed by atoms with Crippen LogP contribution in [0.3, 0.4) is 0 Å². The van der Waals surface area contributed by atoms with E-state index in [2.05, 4.69) is 35.0 Å². The molecule has 0 saturated carbocycles. The Bertz CT molecular complexity index is 770. The molecule has 2 heterocycles. The van der Waals surface area contributed by atoms with Crippen molar-refractivity contribution in [2.75, 3.05) is 7.11 Å². The Balaban J connectivity index is 2.11. The Morgan fingerprint density at radius 3 is 2.80 bits per heavy atom. The molecule has 5 heteroatoms. The average molecular weight is 406 g/mol. The van der Waals surface area contributed by atoms with Crippen LogP contribution in [0, 0.1) is 0 Å². The minimum Gasteiger partial charge on any atom is -0.469 e. The summed E-state index contributed by atoms with van der Waals surface area (Å²) in [7, 11) is 1.43. The predicted octanol–water partition coefficient (Wildman–Crippen LogP) is 4.80. The summed E-state index contributed by atoms with van der Waals surface area (Å²) in [6, 6.07) is 10.2. The lowest BCUT2D eigenvalue weighted by Gasteiger charge is -2.41. The second-order valence-corrected chi connectivity index (χ2v) is 7.55. The smallest absolute Gasteiger partial charge is 0.305 e. The molecule has 4 nitrogen and oxygen atoms in total. The molecule has 0 amide bonds. The van der Waals surface area contributed by atoms with Crippen molar-refractivity contribution in [3.63, 3.8) is 0 Å². The number of methoxy groups -OCH3 is 1. The maximum atomic E-state index is 11.8. The Labute approximate surface area is 156 Å². The van der Waals surface area contributed by atoms with Crippen LogP contribution in [-0.2, 0) is 14.9 Å². The summed E-state index contributed by atoms with van der Waals surface area (Å²) in [5, 5.41) is 10.5. The number of ether oxygens (including phenoxy) is 1. The number of aliphatic hydroxyl groups excluding tert-OH is 1. The first-order valence-electron chi connectivity index (χ1n) is 8.73. The molecule has 25 heavy (non-hydrogen) atoms. The highest BCUT2D eigenvalue weighted by molar-refractivity contribution is 9.10. The molecule has 0 bridgehead atoms. The minimum atomic E-state index is -0.510. The first-order chi connectivity index (χ1) is 12.0. The van der Waals surface area contributed by atoms with Crippen molar-refractivity contribution in [3.8, 4) is 11.1 Å². The lowest BCUT2D eigenvalue weighted by atomic mass is 9.70. The zero-order valence-electron chi connectivity index (χ0n) is 14.7. The monoisotopic (exact) mass is 405 g/mol. The molecule has 0 radical (unpaired) electrons. The summed E-state index contributed by atoms with van der Waals surface area (Å²) >= 11 is 3.65. The number of carbonyl (C=O) groups excluding carboxylic acids is 1. The van der Waals surface area contributed by atoms with Gasteiger partial charge in [0.25, 0.3) is 0 Å². The fourth-order valence-electron chi connectivity index (χ4n) is 4.02. The van der Waals surface area contributed by atoms with Crippen molar-refractivity contribution < 1.29 is 14.6 Å². The fraction of sp³-hybridized carbons (Fsp3) is 0.450. The van der Waals surface area contributed by atoms with E-state index in [1.165, 1.54) is 7.11 Å². The van der Waals surface area contributed by atoms with Gasteiger partial charge in [-0.1, -0.05) is 41.1 Å². The quantitative estimate of drug-likeness (QED) is 0.726. The van der Waals surface area contributed by atoms with Crippen molar-refractivity contribution in [2.45, 2.75) is 50.7 Å². The zero-order chi connectivity index (χ0) is 18.0. The van der Waals surface area contributed by atoms with Crippen LogP contribution in [-0.4, -0.2) is 22.8 Å². The Hall–Kier alpha value is -1.59. The van der Waals surface area contributed by atoms with Crippen LogP contribution in [0.15, 0.2) is 41.0 Å². The van der Waals surface area contributed by atoms with E-state index in [4.69, 9.17) is 4.74 Å². The van der Waals surface area contributed by atoms with Gasteiger partial charge in [0.05, 0.1) is 7.11 Å². The lowest BCUT2D eigenvalue weighted by Crippen LogP contribution is -2.36. The SMILES string of the molecule is CC[C@]1(CCC(=O)OC)CCC(O)n2ccc(-c3ccccc3Br)c21. The number of nitrogens with zero attached hydrogens (tertiary/aromatic N) is 1. The van der Waals surface area contributed by atoms with Gasteiger partial charge in [0.2, 0.25) is 0 Å². The number of hydrogen-bond donors (Lipinski definition) is 1. The fourth-order valence-corrected chi connectivity index (χ4v) is 4.52. The molecule has 3 rings (SSSR count). The van der Waals surface area contributed by atoms with Crippen molar-refractivity contribution >= 4 is 21.9 Å². The van der Waals surface area contributed by atoms with Gasteiger partial charge < -0.3 is 14.4 Å². The molecule has 0 spiro atoms. The minimum absolute atomic E-state index is 0.137. The van der Waals surface area contributed by atoms with Crippen molar-refractivity contribution in [1.82, 2.24) is 4.57 Å². The van der Waals surface area contributed by atoms with Crippen LogP contribution in [0.4, 0.5) is 0 Å². The molecule has 1 N–H and O–H groups in total. The Morgan fingerprint density at radius 2 is 2.12 bits per heavy atom. The third kappa shape index (κ3) is 3.27. The molecule has 0 saturated heterocycles. The number of esters is 1. The first kappa shape index (κ1) is 18.2. The van der Waals surface area contributed by atoms with Gasteiger partial charge in [0.1, 0.15) is 6.23 Å². The molecule has 0 aliphatic carbocycles. The summed E-state index contributed by atoms with van der Waals surface area (Å²) in [6.45, 7) is 2.16. The summed E-state index contributed by atoms with van der Waals surface area (Å²) < 4.78 is 7.87. The summed E-state index contributed by atoms with van der Waals surface area (Å²) in [6.07, 6.45) is 5.05. The Morgan fingerprint density at radius 1 is 1.36 bits per heavy atom. The molecule has 134 valence electrons. The van der Waals surface area contributed by atoms with Gasteiger partial charge in [0.15, 0.2) is 0 Å². The van der Waals surface area contributed by atoms with Gasteiger partial charge in [-0.15, -0.1) is 0 Å². The van der Waals surface area contributed by atoms with Crippen LogP contribution in [0.2, 0.25) is 0 Å². The van der Waals surface area contributed by atoms with E-state index in [-0.39, 0.29) is 11.4 Å². The van der Waals surface area contributed by atoms with Gasteiger partial charge in [-0.25, -0.2) is 0 Å². The number of rotatable bonds is 5. The van der Waals surface area contributed by atoms with E-state index in [1.54, 1.807) is 0 Å². The lowest BCUT2D eigenvalue weighted by molar-refractivity contribution is -0.141. The van der Waals surface area contributed by atoms with E-state index in [0.29, 0.717) is 12.8 Å². The number of aromatic nitrogens is 1. The summed E-state index contributed by atoms with van der Waals surface area (Å²) in [4.78, 5) is 11.8. The summed E-state index contributed by atoms with van der Waals surface area (Å²) in [5.74, 6) is -0.181. The highest BCUT2D eigenvalue weighted by Crippen LogP contribution is 2.49. The first-order valence-corrected chi connectivity index (χ1v) is 9.53. The number of aliphatic hydroxyl groups is 1. The number of benzene rings is 1. The molecular formula is C20H24BrNO3. The molecule has 1 aromatic carbocycles. The van der Waals surface area contributed by atoms with E-state index in [9.17, 15) is 9.90 Å².